The van der Waals surface area contributed by atoms with Gasteiger partial charge in [0.25, 0.3) is 0 Å². The van der Waals surface area contributed by atoms with Crippen LogP contribution in [0.3, 0.4) is 0 Å². The van der Waals surface area contributed by atoms with Crippen LogP contribution >= 0.6 is 11.8 Å². The minimum Gasteiger partial charge on any atom is -0.485 e. The van der Waals surface area contributed by atoms with Gasteiger partial charge in [0, 0.05) is 23.2 Å². The standard InChI is InChI=1S/C26H24N4O3S/c1-3-14-30-24(16-33-23-13-7-9-19-8-4-5-12-22(19)23)28-29-26(30)34-17-25(32)27-21-11-6-10-20(15-21)18(2)31/h3-13,15H,1,14,16-17H2,2H3,(H,27,32). The number of fused-ring (bicyclic) bond motifs is 1. The summed E-state index contributed by atoms with van der Waals surface area (Å²) in [5, 5.41) is 14.1. The van der Waals surface area contributed by atoms with Gasteiger partial charge in [-0.05, 0) is 30.5 Å². The highest BCUT2D eigenvalue weighted by Crippen LogP contribution is 2.26. The van der Waals surface area contributed by atoms with Gasteiger partial charge in [-0.2, -0.15) is 0 Å². The van der Waals surface area contributed by atoms with Gasteiger partial charge in [0.2, 0.25) is 5.91 Å². The number of nitrogens with zero attached hydrogens (tertiary/aromatic N) is 3. The molecule has 0 saturated heterocycles. The molecular formula is C26H24N4O3S. The van der Waals surface area contributed by atoms with Crippen molar-refractivity contribution < 1.29 is 14.3 Å². The van der Waals surface area contributed by atoms with Crippen molar-refractivity contribution in [2.45, 2.75) is 25.2 Å². The molecule has 0 spiro atoms. The Hall–Kier alpha value is -3.91. The maximum absolute atomic E-state index is 12.5. The first kappa shape index (κ1) is 23.3. The lowest BCUT2D eigenvalue weighted by Gasteiger charge is -2.11. The number of Topliss-reactive ketones (excluding diaryl/α,β-unsaturated/α-hetero) is 1. The molecule has 1 N–H and O–H groups in total. The predicted octanol–water partition coefficient (Wildman–Crippen LogP) is 5.13. The molecule has 4 aromatic rings. The van der Waals surface area contributed by atoms with Crippen LogP contribution in [0, 0.1) is 0 Å². The van der Waals surface area contributed by atoms with Gasteiger partial charge >= 0.3 is 0 Å². The summed E-state index contributed by atoms with van der Waals surface area (Å²) in [6.45, 7) is 6.04. The van der Waals surface area contributed by atoms with E-state index in [0.717, 1.165) is 16.5 Å². The molecule has 8 heteroatoms. The number of allylic oxidation sites excluding steroid dienone is 1. The van der Waals surface area contributed by atoms with E-state index in [1.807, 2.05) is 47.0 Å². The van der Waals surface area contributed by atoms with Crippen LogP contribution in [0.25, 0.3) is 10.8 Å². The van der Waals surface area contributed by atoms with Crippen LogP contribution < -0.4 is 10.1 Å². The van der Waals surface area contributed by atoms with Crippen molar-refractivity contribution in [3.05, 3.63) is 90.8 Å². The van der Waals surface area contributed by atoms with Crippen molar-refractivity contribution in [3.63, 3.8) is 0 Å². The van der Waals surface area contributed by atoms with Crippen molar-refractivity contribution in [2.24, 2.45) is 0 Å². The topological polar surface area (TPSA) is 86.1 Å². The number of anilines is 1. The molecule has 1 heterocycles. The Morgan fingerprint density at radius 1 is 1.09 bits per heavy atom. The van der Waals surface area contributed by atoms with Crippen LogP contribution in [-0.2, 0) is 17.9 Å². The molecule has 0 saturated carbocycles. The lowest BCUT2D eigenvalue weighted by molar-refractivity contribution is -0.113. The molecule has 7 nitrogen and oxygen atoms in total. The average molecular weight is 473 g/mol. The Kier molecular flexibility index (Phi) is 7.39. The van der Waals surface area contributed by atoms with Crippen LogP contribution in [0.15, 0.2) is 84.5 Å². The average Bonchev–Trinajstić information content (AvgIpc) is 3.23. The van der Waals surface area contributed by atoms with Gasteiger partial charge in [-0.15, -0.1) is 16.8 Å². The van der Waals surface area contributed by atoms with Crippen LogP contribution in [0.2, 0.25) is 0 Å². The van der Waals surface area contributed by atoms with E-state index in [1.54, 1.807) is 30.3 Å². The number of nitrogens with one attached hydrogen (secondary N) is 1. The molecule has 0 radical (unpaired) electrons. The number of carbonyl (C=O) groups excluding carboxylic acids is 2. The lowest BCUT2D eigenvalue weighted by Crippen LogP contribution is -2.15. The fraction of sp³-hybridized carbons (Fsp3) is 0.154. The van der Waals surface area contributed by atoms with Crippen molar-refractivity contribution in [3.8, 4) is 5.75 Å². The number of hydrogen-bond donors (Lipinski definition) is 1. The zero-order valence-electron chi connectivity index (χ0n) is 18.7. The third-order valence-corrected chi connectivity index (χ3v) is 6.06. The molecular weight excluding hydrogens is 448 g/mol. The van der Waals surface area contributed by atoms with E-state index in [1.165, 1.54) is 18.7 Å². The third-order valence-electron chi connectivity index (χ3n) is 5.10. The maximum Gasteiger partial charge on any atom is 0.234 e. The summed E-state index contributed by atoms with van der Waals surface area (Å²) in [4.78, 5) is 24.0. The lowest BCUT2D eigenvalue weighted by atomic mass is 10.1. The summed E-state index contributed by atoms with van der Waals surface area (Å²) < 4.78 is 7.95. The van der Waals surface area contributed by atoms with Crippen LogP contribution in [0.1, 0.15) is 23.1 Å². The largest absolute Gasteiger partial charge is 0.485 e. The Labute approximate surface area is 201 Å². The number of aromatic nitrogens is 3. The molecule has 1 aromatic heterocycles. The second kappa shape index (κ2) is 10.8. The summed E-state index contributed by atoms with van der Waals surface area (Å²) in [7, 11) is 0. The van der Waals surface area contributed by atoms with E-state index in [2.05, 4.69) is 22.1 Å². The highest BCUT2D eigenvalue weighted by atomic mass is 32.2. The first-order chi connectivity index (χ1) is 16.5. The fourth-order valence-corrected chi connectivity index (χ4v) is 4.22. The van der Waals surface area contributed by atoms with Gasteiger partial charge in [-0.25, -0.2) is 0 Å². The van der Waals surface area contributed by atoms with E-state index in [4.69, 9.17) is 4.74 Å². The number of amides is 1. The van der Waals surface area contributed by atoms with Crippen molar-refractivity contribution in [1.82, 2.24) is 14.8 Å². The SMILES string of the molecule is C=CCn1c(COc2cccc3ccccc23)nnc1SCC(=O)Nc1cccc(C(C)=O)c1. The Morgan fingerprint density at radius 3 is 2.71 bits per heavy atom. The molecule has 1 amide bonds. The normalized spacial score (nSPS) is 10.7. The maximum atomic E-state index is 12.5. The zero-order chi connectivity index (χ0) is 23.9. The molecule has 0 aliphatic heterocycles. The highest BCUT2D eigenvalue weighted by molar-refractivity contribution is 7.99. The number of ether oxygens (including phenoxy) is 1. The Balaban J connectivity index is 1.41. The molecule has 0 aliphatic rings. The number of hydrogen-bond acceptors (Lipinski definition) is 6. The fourth-order valence-electron chi connectivity index (χ4n) is 3.45. The first-order valence-corrected chi connectivity index (χ1v) is 11.7. The minimum absolute atomic E-state index is 0.0544. The molecule has 0 fully saturated rings. The van der Waals surface area contributed by atoms with Gasteiger partial charge < -0.3 is 10.1 Å². The summed E-state index contributed by atoms with van der Waals surface area (Å²) >= 11 is 1.28. The molecule has 172 valence electrons. The second-order valence-electron chi connectivity index (χ2n) is 7.54. The van der Waals surface area contributed by atoms with Gasteiger partial charge in [0.1, 0.15) is 12.4 Å². The van der Waals surface area contributed by atoms with E-state index in [-0.39, 0.29) is 24.1 Å². The molecule has 3 aromatic carbocycles. The number of benzene rings is 3. The van der Waals surface area contributed by atoms with Crippen molar-refractivity contribution in [1.29, 1.82) is 0 Å². The highest BCUT2D eigenvalue weighted by Gasteiger charge is 2.15. The Morgan fingerprint density at radius 2 is 1.88 bits per heavy atom. The summed E-state index contributed by atoms with van der Waals surface area (Å²) in [5.41, 5.74) is 1.13. The summed E-state index contributed by atoms with van der Waals surface area (Å²) in [5.74, 6) is 1.30. The van der Waals surface area contributed by atoms with Crippen LogP contribution in [0.5, 0.6) is 5.75 Å². The molecule has 0 bridgehead atoms. The summed E-state index contributed by atoms with van der Waals surface area (Å²) in [6.07, 6.45) is 1.75. The van der Waals surface area contributed by atoms with Gasteiger partial charge in [-0.3, -0.25) is 14.2 Å². The van der Waals surface area contributed by atoms with Crippen LogP contribution in [0.4, 0.5) is 5.69 Å². The molecule has 0 atom stereocenters. The first-order valence-electron chi connectivity index (χ1n) is 10.7. The second-order valence-corrected chi connectivity index (χ2v) is 8.48. The smallest absolute Gasteiger partial charge is 0.234 e. The van der Waals surface area contributed by atoms with E-state index in [0.29, 0.717) is 28.8 Å². The van der Waals surface area contributed by atoms with Crippen LogP contribution in [-0.4, -0.2) is 32.2 Å². The quantitative estimate of drug-likeness (QED) is 0.196. The monoisotopic (exact) mass is 472 g/mol. The number of ketones is 1. The van der Waals surface area contributed by atoms with Gasteiger partial charge in [-0.1, -0.05) is 66.4 Å². The molecule has 0 aliphatic carbocycles. The predicted molar refractivity (Wildman–Crippen MR) is 134 cm³/mol. The number of rotatable bonds is 10. The van der Waals surface area contributed by atoms with E-state index >= 15 is 0 Å². The Bertz CT molecular complexity index is 1340. The molecule has 34 heavy (non-hydrogen) atoms. The van der Waals surface area contributed by atoms with Crippen molar-refractivity contribution in [2.75, 3.05) is 11.1 Å². The third kappa shape index (κ3) is 5.52. The summed E-state index contributed by atoms with van der Waals surface area (Å²) in [6, 6.07) is 20.8. The molecule has 4 rings (SSSR count). The zero-order valence-corrected chi connectivity index (χ0v) is 19.5. The van der Waals surface area contributed by atoms with Gasteiger partial charge in [0.15, 0.2) is 16.8 Å². The van der Waals surface area contributed by atoms with Gasteiger partial charge in [0.05, 0.1) is 5.75 Å². The van der Waals surface area contributed by atoms with Crippen molar-refractivity contribution >= 4 is 39.9 Å². The van der Waals surface area contributed by atoms with E-state index < -0.39 is 0 Å². The van der Waals surface area contributed by atoms with E-state index in [9.17, 15) is 9.59 Å². The minimum atomic E-state index is -0.201. The number of carbonyl (C=O) groups is 2. The number of thioether (sulfide) groups is 1. The molecule has 0 unspecified atom stereocenters.